The predicted molar refractivity (Wildman–Crippen MR) is 105 cm³/mol. The molecule has 0 aliphatic rings. The Bertz CT molecular complexity index is 1290. The molecule has 3 aromatic carbocycles. The van der Waals surface area contributed by atoms with Crippen LogP contribution in [0, 0.1) is 0 Å². The lowest BCUT2D eigenvalue weighted by molar-refractivity contribution is -0.139. The fourth-order valence-corrected chi connectivity index (χ4v) is 3.74. The number of para-hydroxylation sites is 1. The number of benzene rings is 3. The third kappa shape index (κ3) is 2.44. The molecule has 0 fully saturated rings. The Morgan fingerprint density at radius 3 is 2.43 bits per heavy atom. The number of nitrogens with one attached hydrogen (secondary N) is 1. The highest BCUT2D eigenvalue weighted by molar-refractivity contribution is 6.10. The lowest BCUT2D eigenvalue weighted by atomic mass is 10.1. The van der Waals surface area contributed by atoms with Crippen molar-refractivity contribution < 1.29 is 9.90 Å². The van der Waals surface area contributed by atoms with Crippen molar-refractivity contribution in [1.29, 1.82) is 0 Å². The van der Waals surface area contributed by atoms with Crippen LogP contribution in [-0.4, -0.2) is 36.3 Å². The molecule has 7 heteroatoms. The standard InChI is InChI=1S/C21H15N5O2/c27-21(28)19(13-6-2-1-3-7-13)26-17-9-5-4-8-15(17)16-12-14(10-11-18(16)26)20-22-24-25-23-20/h1-12,19H,(H,27,28)(H,22,23,24,25). The Balaban J connectivity index is 1.84. The highest BCUT2D eigenvalue weighted by atomic mass is 16.4. The molecule has 0 radical (unpaired) electrons. The summed E-state index contributed by atoms with van der Waals surface area (Å²) in [6, 6.07) is 22.0. The van der Waals surface area contributed by atoms with Gasteiger partial charge in [0.2, 0.25) is 5.82 Å². The zero-order chi connectivity index (χ0) is 19.1. The molecule has 7 nitrogen and oxygen atoms in total. The van der Waals surface area contributed by atoms with Gasteiger partial charge in [-0.05, 0) is 35.0 Å². The molecule has 0 saturated heterocycles. The largest absolute Gasteiger partial charge is 0.479 e. The molecular formula is C21H15N5O2. The van der Waals surface area contributed by atoms with Gasteiger partial charge in [-0.1, -0.05) is 48.5 Å². The summed E-state index contributed by atoms with van der Waals surface area (Å²) in [5.74, 6) is -0.410. The second-order valence-corrected chi connectivity index (χ2v) is 6.51. The van der Waals surface area contributed by atoms with Crippen molar-refractivity contribution in [2.24, 2.45) is 0 Å². The van der Waals surface area contributed by atoms with Crippen molar-refractivity contribution >= 4 is 27.8 Å². The first-order valence-electron chi connectivity index (χ1n) is 8.78. The number of carboxylic acids is 1. The van der Waals surface area contributed by atoms with Gasteiger partial charge in [0, 0.05) is 16.3 Å². The van der Waals surface area contributed by atoms with Gasteiger partial charge < -0.3 is 9.67 Å². The van der Waals surface area contributed by atoms with E-state index in [2.05, 4.69) is 20.6 Å². The first kappa shape index (κ1) is 16.2. The van der Waals surface area contributed by atoms with E-state index in [1.54, 1.807) is 0 Å². The maximum Gasteiger partial charge on any atom is 0.331 e. The molecule has 0 spiro atoms. The minimum absolute atomic E-state index is 0.497. The number of aliphatic carboxylic acids is 1. The van der Waals surface area contributed by atoms with Crippen LogP contribution in [0.3, 0.4) is 0 Å². The molecule has 136 valence electrons. The monoisotopic (exact) mass is 369 g/mol. The molecule has 0 amide bonds. The quantitative estimate of drug-likeness (QED) is 0.504. The lowest BCUT2D eigenvalue weighted by Gasteiger charge is -2.18. The van der Waals surface area contributed by atoms with Crippen LogP contribution in [-0.2, 0) is 4.79 Å². The van der Waals surface area contributed by atoms with E-state index < -0.39 is 12.0 Å². The van der Waals surface area contributed by atoms with Crippen molar-refractivity contribution in [3.05, 3.63) is 78.4 Å². The topological polar surface area (TPSA) is 96.7 Å². The first-order valence-corrected chi connectivity index (χ1v) is 8.78. The summed E-state index contributed by atoms with van der Waals surface area (Å²) in [5.41, 5.74) is 3.24. The Morgan fingerprint density at radius 2 is 1.68 bits per heavy atom. The van der Waals surface area contributed by atoms with E-state index in [4.69, 9.17) is 0 Å². The van der Waals surface area contributed by atoms with E-state index in [9.17, 15) is 9.90 Å². The van der Waals surface area contributed by atoms with E-state index in [0.717, 1.165) is 32.9 Å². The van der Waals surface area contributed by atoms with E-state index in [-0.39, 0.29) is 0 Å². The van der Waals surface area contributed by atoms with Gasteiger partial charge in [-0.3, -0.25) is 0 Å². The number of tetrazole rings is 1. The summed E-state index contributed by atoms with van der Waals surface area (Å²) in [5, 5.41) is 26.2. The minimum Gasteiger partial charge on any atom is -0.479 e. The summed E-state index contributed by atoms with van der Waals surface area (Å²) in [6.07, 6.45) is 0. The van der Waals surface area contributed by atoms with Gasteiger partial charge >= 0.3 is 5.97 Å². The molecule has 2 heterocycles. The van der Waals surface area contributed by atoms with Crippen molar-refractivity contribution in [3.63, 3.8) is 0 Å². The summed E-state index contributed by atoms with van der Waals surface area (Å²) < 4.78 is 1.88. The Kier molecular flexibility index (Phi) is 3.65. The van der Waals surface area contributed by atoms with Gasteiger partial charge in [0.1, 0.15) is 0 Å². The Morgan fingerprint density at radius 1 is 0.929 bits per heavy atom. The number of H-pyrrole nitrogens is 1. The average molecular weight is 369 g/mol. The van der Waals surface area contributed by atoms with Crippen LogP contribution in [0.5, 0.6) is 0 Å². The molecule has 1 atom stereocenters. The normalized spacial score (nSPS) is 12.4. The Hall–Kier alpha value is -4.00. The van der Waals surface area contributed by atoms with Crippen molar-refractivity contribution in [2.75, 3.05) is 0 Å². The van der Waals surface area contributed by atoms with Crippen LogP contribution in [0.25, 0.3) is 33.2 Å². The lowest BCUT2D eigenvalue weighted by Crippen LogP contribution is -2.20. The molecule has 5 aromatic rings. The third-order valence-electron chi connectivity index (χ3n) is 4.92. The molecule has 28 heavy (non-hydrogen) atoms. The number of carboxylic acid groups (broad SMARTS) is 1. The number of carbonyl (C=O) groups is 1. The molecule has 0 aliphatic heterocycles. The Labute approximate surface area is 159 Å². The summed E-state index contributed by atoms with van der Waals surface area (Å²) in [6.45, 7) is 0. The van der Waals surface area contributed by atoms with Crippen LogP contribution in [0.2, 0.25) is 0 Å². The van der Waals surface area contributed by atoms with Gasteiger partial charge in [0.15, 0.2) is 6.04 Å². The molecule has 0 saturated carbocycles. The third-order valence-corrected chi connectivity index (χ3v) is 4.92. The minimum atomic E-state index is -0.906. The van der Waals surface area contributed by atoms with Crippen LogP contribution < -0.4 is 0 Å². The van der Waals surface area contributed by atoms with E-state index in [1.165, 1.54) is 0 Å². The molecule has 2 aromatic heterocycles. The zero-order valence-corrected chi connectivity index (χ0v) is 14.6. The average Bonchev–Trinajstić information content (AvgIpc) is 3.36. The van der Waals surface area contributed by atoms with Crippen LogP contribution in [0.15, 0.2) is 72.8 Å². The van der Waals surface area contributed by atoms with Gasteiger partial charge in [-0.15, -0.1) is 10.2 Å². The second kappa shape index (κ2) is 6.31. The maximum atomic E-state index is 12.3. The molecule has 0 bridgehead atoms. The fraction of sp³-hybridized carbons (Fsp3) is 0.0476. The second-order valence-electron chi connectivity index (χ2n) is 6.51. The van der Waals surface area contributed by atoms with Gasteiger partial charge in [-0.25, -0.2) is 4.79 Å². The maximum absolute atomic E-state index is 12.3. The van der Waals surface area contributed by atoms with Crippen LogP contribution in [0.4, 0.5) is 0 Å². The SMILES string of the molecule is O=C(O)C(c1ccccc1)n1c2ccccc2c2cc(-c3nn[nH]n3)ccc21. The number of rotatable bonds is 4. The number of hydrogen-bond donors (Lipinski definition) is 2. The highest BCUT2D eigenvalue weighted by Crippen LogP contribution is 2.36. The molecular weight excluding hydrogens is 354 g/mol. The predicted octanol–water partition coefficient (Wildman–Crippen LogP) is 3.65. The van der Waals surface area contributed by atoms with Crippen LogP contribution in [0.1, 0.15) is 11.6 Å². The number of fused-ring (bicyclic) bond motifs is 3. The van der Waals surface area contributed by atoms with E-state index in [1.807, 2.05) is 77.4 Å². The zero-order valence-electron chi connectivity index (χ0n) is 14.6. The van der Waals surface area contributed by atoms with Gasteiger partial charge in [0.25, 0.3) is 0 Å². The molecule has 2 N–H and O–H groups in total. The number of nitrogens with zero attached hydrogens (tertiary/aromatic N) is 4. The molecule has 0 aliphatic carbocycles. The molecule has 5 rings (SSSR count). The number of aromatic amines is 1. The van der Waals surface area contributed by atoms with E-state index >= 15 is 0 Å². The van der Waals surface area contributed by atoms with Crippen molar-refractivity contribution in [3.8, 4) is 11.4 Å². The summed E-state index contributed by atoms with van der Waals surface area (Å²) >= 11 is 0. The van der Waals surface area contributed by atoms with Gasteiger partial charge in [-0.2, -0.15) is 5.21 Å². The first-order chi connectivity index (χ1) is 13.7. The van der Waals surface area contributed by atoms with Gasteiger partial charge in [0.05, 0.1) is 11.0 Å². The fourth-order valence-electron chi connectivity index (χ4n) is 3.74. The highest BCUT2D eigenvalue weighted by Gasteiger charge is 2.26. The van der Waals surface area contributed by atoms with E-state index in [0.29, 0.717) is 5.82 Å². The number of hydrogen-bond acceptors (Lipinski definition) is 4. The van der Waals surface area contributed by atoms with Crippen LogP contribution >= 0.6 is 0 Å². The van der Waals surface area contributed by atoms with Crippen molar-refractivity contribution in [2.45, 2.75) is 6.04 Å². The number of aromatic nitrogens is 5. The summed E-state index contributed by atoms with van der Waals surface area (Å²) in [4.78, 5) is 12.3. The molecule has 1 unspecified atom stereocenters. The summed E-state index contributed by atoms with van der Waals surface area (Å²) in [7, 11) is 0. The smallest absolute Gasteiger partial charge is 0.331 e. The van der Waals surface area contributed by atoms with Crippen molar-refractivity contribution in [1.82, 2.24) is 25.2 Å².